The average Bonchev–Trinajstić information content (AvgIpc) is 3.03. The van der Waals surface area contributed by atoms with Gasteiger partial charge in [0.2, 0.25) is 0 Å². The lowest BCUT2D eigenvalue weighted by Crippen LogP contribution is -2.55. The molecule has 42 heavy (non-hydrogen) atoms. The van der Waals surface area contributed by atoms with Gasteiger partial charge in [0.05, 0.1) is 30.8 Å². The molecule has 9 nitrogen and oxygen atoms in total. The minimum atomic E-state index is -1.09. The van der Waals surface area contributed by atoms with Gasteiger partial charge in [0.1, 0.15) is 6.61 Å². The number of carboxylic acid groups (broad SMARTS) is 1. The van der Waals surface area contributed by atoms with E-state index in [1.165, 1.54) is 0 Å². The van der Waals surface area contributed by atoms with Gasteiger partial charge in [0.25, 0.3) is 0 Å². The van der Waals surface area contributed by atoms with Crippen LogP contribution in [0, 0.1) is 11.3 Å². The highest BCUT2D eigenvalue weighted by atomic mass is 16.6. The summed E-state index contributed by atoms with van der Waals surface area (Å²) < 4.78 is 5.58. The third kappa shape index (κ3) is 5.44. The molecule has 1 N–H and O–H groups in total. The van der Waals surface area contributed by atoms with E-state index >= 15 is 0 Å². The van der Waals surface area contributed by atoms with Crippen LogP contribution < -0.4 is 9.80 Å². The number of anilines is 2. The number of hydrogen-bond acceptors (Lipinski definition) is 7. The number of benzene rings is 3. The predicted molar refractivity (Wildman–Crippen MR) is 159 cm³/mol. The molecule has 1 atom stereocenters. The first-order valence-corrected chi connectivity index (χ1v) is 14.1. The van der Waals surface area contributed by atoms with Crippen molar-refractivity contribution in [3.05, 3.63) is 101 Å². The van der Waals surface area contributed by atoms with Gasteiger partial charge in [-0.15, -0.1) is 0 Å². The first-order chi connectivity index (χ1) is 20.5. The van der Waals surface area contributed by atoms with Gasteiger partial charge in [0, 0.05) is 48.5 Å². The molecule has 1 unspecified atom stereocenters. The fraction of sp³-hybridized carbons (Fsp3) is 0.273. The topological polar surface area (TPSA) is 110 Å². The summed E-state index contributed by atoms with van der Waals surface area (Å²) >= 11 is 0. The summed E-state index contributed by atoms with van der Waals surface area (Å²) in [5.41, 5.74) is 4.56. The number of piperazine rings is 1. The van der Waals surface area contributed by atoms with Crippen molar-refractivity contribution < 1.29 is 19.4 Å². The monoisotopic (exact) mass is 561 g/mol. The Hall–Kier alpha value is -5.10. The number of rotatable bonds is 6. The molecule has 0 spiro atoms. The molecule has 1 fully saturated rings. The zero-order valence-corrected chi connectivity index (χ0v) is 23.1. The molecule has 2 aliphatic heterocycles. The van der Waals surface area contributed by atoms with Crippen LogP contribution in [0.25, 0.3) is 10.8 Å². The van der Waals surface area contributed by atoms with Crippen molar-refractivity contribution in [1.29, 1.82) is 5.26 Å². The van der Waals surface area contributed by atoms with Gasteiger partial charge < -0.3 is 24.5 Å². The van der Waals surface area contributed by atoms with Gasteiger partial charge in [-0.3, -0.25) is 0 Å². The number of ether oxygens (including phenoxy) is 1. The molecule has 3 heterocycles. The Kier molecular flexibility index (Phi) is 7.60. The molecule has 3 aromatic carbocycles. The second-order valence-corrected chi connectivity index (χ2v) is 10.6. The van der Waals surface area contributed by atoms with Crippen LogP contribution in [-0.2, 0) is 24.3 Å². The van der Waals surface area contributed by atoms with E-state index in [1.54, 1.807) is 11.0 Å². The largest absolute Gasteiger partial charge is 0.477 e. The van der Waals surface area contributed by atoms with Crippen molar-refractivity contribution in [2.75, 3.05) is 36.0 Å². The molecular weight excluding hydrogens is 530 g/mol. The molecule has 4 aromatic rings. The van der Waals surface area contributed by atoms with Gasteiger partial charge in [-0.1, -0.05) is 66.7 Å². The maximum atomic E-state index is 13.0. The van der Waals surface area contributed by atoms with Gasteiger partial charge in [-0.25, -0.2) is 14.6 Å². The molecule has 1 aromatic heterocycles. The summed E-state index contributed by atoms with van der Waals surface area (Å²) in [4.78, 5) is 35.7. The zero-order chi connectivity index (χ0) is 29.1. The van der Waals surface area contributed by atoms with Crippen LogP contribution in [0.3, 0.4) is 0 Å². The van der Waals surface area contributed by atoms with E-state index in [4.69, 9.17) is 4.74 Å². The summed E-state index contributed by atoms with van der Waals surface area (Å²) in [7, 11) is 0. The second kappa shape index (κ2) is 11.8. The number of aromatic nitrogens is 1. The summed E-state index contributed by atoms with van der Waals surface area (Å²) in [5, 5.41) is 21.8. The smallest absolute Gasteiger partial charge is 0.410 e. The van der Waals surface area contributed by atoms with E-state index in [0.717, 1.165) is 45.5 Å². The molecule has 0 saturated carbocycles. The number of amides is 1. The molecule has 0 aliphatic carbocycles. The number of hydrogen-bond donors (Lipinski definition) is 1. The van der Waals surface area contributed by atoms with Crippen molar-refractivity contribution in [1.82, 2.24) is 9.88 Å². The van der Waals surface area contributed by atoms with Crippen LogP contribution in [0.4, 0.5) is 16.2 Å². The summed E-state index contributed by atoms with van der Waals surface area (Å²) in [6, 6.07) is 27.4. The fourth-order valence-corrected chi connectivity index (χ4v) is 6.00. The SMILES string of the molecule is N#CCC1CN(c2cc(C(=O)O)nc3c2CCN(c2cccc4ccccc24)C3)CCN1C(=O)OCc1ccccc1. The highest BCUT2D eigenvalue weighted by Crippen LogP contribution is 2.35. The van der Waals surface area contributed by atoms with Crippen LogP contribution in [0.15, 0.2) is 78.9 Å². The lowest BCUT2D eigenvalue weighted by atomic mass is 9.98. The molecular formula is C33H31N5O4. The van der Waals surface area contributed by atoms with E-state index in [1.807, 2.05) is 48.5 Å². The maximum Gasteiger partial charge on any atom is 0.410 e. The van der Waals surface area contributed by atoms with E-state index < -0.39 is 12.1 Å². The quantitative estimate of drug-likeness (QED) is 0.341. The van der Waals surface area contributed by atoms with E-state index in [9.17, 15) is 20.0 Å². The number of nitrogens with zero attached hydrogens (tertiary/aromatic N) is 5. The third-order valence-corrected chi connectivity index (χ3v) is 8.08. The van der Waals surface area contributed by atoms with E-state index in [-0.39, 0.29) is 24.8 Å². The Balaban J connectivity index is 1.25. The number of carboxylic acids is 1. The van der Waals surface area contributed by atoms with Gasteiger partial charge in [-0.2, -0.15) is 5.26 Å². The number of carbonyl (C=O) groups excluding carboxylic acids is 1. The summed E-state index contributed by atoms with van der Waals surface area (Å²) in [6.07, 6.45) is 0.390. The predicted octanol–water partition coefficient (Wildman–Crippen LogP) is 5.24. The molecule has 6 rings (SSSR count). The summed E-state index contributed by atoms with van der Waals surface area (Å²) in [6.45, 7) is 2.66. The first-order valence-electron chi connectivity index (χ1n) is 14.1. The van der Waals surface area contributed by atoms with Crippen molar-refractivity contribution in [3.63, 3.8) is 0 Å². The van der Waals surface area contributed by atoms with Crippen molar-refractivity contribution in [2.45, 2.75) is 32.0 Å². The molecule has 1 amide bonds. The van der Waals surface area contributed by atoms with Crippen LogP contribution in [-0.4, -0.2) is 59.3 Å². The van der Waals surface area contributed by atoms with Crippen LogP contribution in [0.5, 0.6) is 0 Å². The molecule has 212 valence electrons. The summed E-state index contributed by atoms with van der Waals surface area (Å²) in [5.74, 6) is -1.09. The molecule has 1 saturated heterocycles. The lowest BCUT2D eigenvalue weighted by molar-refractivity contribution is 0.0690. The Morgan fingerprint density at radius 3 is 2.55 bits per heavy atom. The Morgan fingerprint density at radius 1 is 0.952 bits per heavy atom. The van der Waals surface area contributed by atoms with Gasteiger partial charge in [0.15, 0.2) is 5.69 Å². The number of aromatic carboxylic acids is 1. The van der Waals surface area contributed by atoms with E-state index in [2.05, 4.69) is 45.1 Å². The Morgan fingerprint density at radius 2 is 1.74 bits per heavy atom. The average molecular weight is 562 g/mol. The molecule has 0 radical (unpaired) electrons. The van der Waals surface area contributed by atoms with Crippen LogP contribution >= 0.6 is 0 Å². The minimum absolute atomic E-state index is 0.00921. The highest BCUT2D eigenvalue weighted by molar-refractivity contribution is 5.94. The van der Waals surface area contributed by atoms with Crippen molar-refractivity contribution >= 4 is 34.2 Å². The Labute approximate surface area is 244 Å². The minimum Gasteiger partial charge on any atom is -0.477 e. The third-order valence-electron chi connectivity index (χ3n) is 8.08. The number of fused-ring (bicyclic) bond motifs is 2. The molecule has 9 heteroatoms. The Bertz CT molecular complexity index is 1660. The zero-order valence-electron chi connectivity index (χ0n) is 23.1. The van der Waals surface area contributed by atoms with Crippen LogP contribution in [0.2, 0.25) is 0 Å². The number of nitriles is 1. The second-order valence-electron chi connectivity index (χ2n) is 10.6. The van der Waals surface area contributed by atoms with Crippen LogP contribution in [0.1, 0.15) is 33.7 Å². The first kappa shape index (κ1) is 27.1. The molecule has 0 bridgehead atoms. The van der Waals surface area contributed by atoms with Gasteiger partial charge in [-0.05, 0) is 29.5 Å². The maximum absolute atomic E-state index is 13.0. The number of carbonyl (C=O) groups is 2. The van der Waals surface area contributed by atoms with Crippen molar-refractivity contribution in [2.24, 2.45) is 0 Å². The standard InChI is InChI=1S/C33H31N5O4/c34-15-13-25-20-37(17-18-38(25)33(41)42-22-23-7-2-1-3-8-23)31-19-28(32(39)40)35-29-21-36(16-14-27(29)31)30-12-6-10-24-9-4-5-11-26(24)30/h1-12,19,25H,13-14,16-18,20-22H2,(H,39,40). The number of pyridine rings is 1. The van der Waals surface area contributed by atoms with E-state index in [0.29, 0.717) is 32.6 Å². The van der Waals surface area contributed by atoms with Crippen molar-refractivity contribution in [3.8, 4) is 6.07 Å². The highest BCUT2D eigenvalue weighted by Gasteiger charge is 2.34. The lowest BCUT2D eigenvalue weighted by Gasteiger charge is -2.42. The normalized spacial score (nSPS) is 16.5. The van der Waals surface area contributed by atoms with Gasteiger partial charge >= 0.3 is 12.1 Å². The fourth-order valence-electron chi connectivity index (χ4n) is 6.00. The molecule has 2 aliphatic rings.